The molecule has 0 aliphatic carbocycles. The summed E-state index contributed by atoms with van der Waals surface area (Å²) in [5, 5.41) is 5.36. The highest BCUT2D eigenvalue weighted by Gasteiger charge is 2.42. The third-order valence-corrected chi connectivity index (χ3v) is 4.58. The van der Waals surface area contributed by atoms with Crippen LogP contribution < -0.4 is 10.6 Å². The molecule has 4 heterocycles. The zero-order valence-corrected chi connectivity index (χ0v) is 15.8. The van der Waals surface area contributed by atoms with Gasteiger partial charge in [-0.15, -0.1) is 0 Å². The highest BCUT2D eigenvalue weighted by Crippen LogP contribution is 2.37. The summed E-state index contributed by atoms with van der Waals surface area (Å²) >= 11 is 0. The number of rotatable bonds is 5. The number of nitrogens with zero attached hydrogens (tertiary/aromatic N) is 3. The molecule has 0 spiro atoms. The second kappa shape index (κ2) is 7.91. The lowest BCUT2D eigenvalue weighted by Gasteiger charge is -2.35. The van der Waals surface area contributed by atoms with E-state index in [4.69, 9.17) is 4.74 Å². The summed E-state index contributed by atoms with van der Waals surface area (Å²) in [5.41, 5.74) is -1.89. The molecule has 1 aliphatic rings. The second-order valence-corrected chi connectivity index (χ2v) is 6.82. The van der Waals surface area contributed by atoms with Crippen LogP contribution in [0.1, 0.15) is 21.5 Å². The van der Waals surface area contributed by atoms with Crippen molar-refractivity contribution in [2.75, 3.05) is 23.8 Å². The summed E-state index contributed by atoms with van der Waals surface area (Å²) < 4.78 is 57.6. The molecule has 0 radical (unpaired) electrons. The van der Waals surface area contributed by atoms with Gasteiger partial charge in [0.2, 0.25) is 0 Å². The standard InChI is InChI=1S/C20H15F4N5O2/c21-19(10-31-11-19)14-4-5-25-9-15(14)28-18(30)12-3-6-26-17(7-12)29-16-2-1-13(8-27-16)20(22,23)24/h1-9H,10-11H2,(H,28,30)(H,26,27,29). The van der Waals surface area contributed by atoms with Crippen LogP contribution in [0, 0.1) is 0 Å². The van der Waals surface area contributed by atoms with Gasteiger partial charge >= 0.3 is 6.18 Å². The number of anilines is 3. The van der Waals surface area contributed by atoms with Crippen LogP contribution in [-0.4, -0.2) is 34.1 Å². The lowest BCUT2D eigenvalue weighted by atomic mass is 9.93. The topological polar surface area (TPSA) is 89.0 Å². The van der Waals surface area contributed by atoms with Gasteiger partial charge in [0.25, 0.3) is 5.91 Å². The Morgan fingerprint density at radius 3 is 2.48 bits per heavy atom. The summed E-state index contributed by atoms with van der Waals surface area (Å²) in [6, 6.07) is 6.35. The van der Waals surface area contributed by atoms with Gasteiger partial charge in [-0.2, -0.15) is 13.2 Å². The molecule has 0 atom stereocenters. The van der Waals surface area contributed by atoms with Crippen molar-refractivity contribution in [1.82, 2.24) is 15.0 Å². The van der Waals surface area contributed by atoms with Gasteiger partial charge in [-0.25, -0.2) is 14.4 Å². The minimum Gasteiger partial charge on any atom is -0.374 e. The van der Waals surface area contributed by atoms with Crippen molar-refractivity contribution < 1.29 is 27.1 Å². The minimum absolute atomic E-state index is 0.108. The molecule has 0 unspecified atom stereocenters. The van der Waals surface area contributed by atoms with Crippen LogP contribution in [0.15, 0.2) is 55.1 Å². The Kier molecular flexibility index (Phi) is 5.27. The molecule has 0 saturated carbocycles. The van der Waals surface area contributed by atoms with E-state index in [1.807, 2.05) is 0 Å². The first-order valence-electron chi connectivity index (χ1n) is 9.03. The number of pyridine rings is 3. The summed E-state index contributed by atoms with van der Waals surface area (Å²) in [5.74, 6) is -0.221. The van der Waals surface area contributed by atoms with Gasteiger partial charge in [0, 0.05) is 29.7 Å². The Morgan fingerprint density at radius 1 is 1.03 bits per heavy atom. The van der Waals surface area contributed by atoms with E-state index in [2.05, 4.69) is 25.6 Å². The first-order valence-corrected chi connectivity index (χ1v) is 9.03. The number of halogens is 4. The molecule has 4 rings (SSSR count). The zero-order chi connectivity index (χ0) is 22.1. The van der Waals surface area contributed by atoms with Crippen molar-refractivity contribution in [1.29, 1.82) is 0 Å². The third kappa shape index (κ3) is 4.45. The van der Waals surface area contributed by atoms with E-state index in [1.165, 1.54) is 36.8 Å². The molecule has 31 heavy (non-hydrogen) atoms. The Hall–Kier alpha value is -3.60. The summed E-state index contributed by atoms with van der Waals surface area (Å²) in [7, 11) is 0. The molecule has 0 aromatic carbocycles. The van der Waals surface area contributed by atoms with Gasteiger partial charge in [-0.1, -0.05) is 0 Å². The van der Waals surface area contributed by atoms with Crippen LogP contribution in [0.3, 0.4) is 0 Å². The first kappa shape index (κ1) is 20.7. The maximum Gasteiger partial charge on any atom is 0.417 e. The Balaban J connectivity index is 1.49. The van der Waals surface area contributed by atoms with Crippen LogP contribution in [-0.2, 0) is 16.6 Å². The second-order valence-electron chi connectivity index (χ2n) is 6.82. The van der Waals surface area contributed by atoms with Crippen molar-refractivity contribution in [2.24, 2.45) is 0 Å². The number of ether oxygens (including phenoxy) is 1. The number of carbonyl (C=O) groups is 1. The Bertz CT molecular complexity index is 1100. The van der Waals surface area contributed by atoms with Gasteiger partial charge in [-0.05, 0) is 30.3 Å². The Morgan fingerprint density at radius 2 is 1.84 bits per heavy atom. The number of aromatic nitrogens is 3. The smallest absolute Gasteiger partial charge is 0.374 e. The summed E-state index contributed by atoms with van der Waals surface area (Å²) in [6.45, 7) is -0.216. The summed E-state index contributed by atoms with van der Waals surface area (Å²) in [4.78, 5) is 24.3. The molecule has 0 bridgehead atoms. The van der Waals surface area contributed by atoms with E-state index < -0.39 is 23.3 Å². The van der Waals surface area contributed by atoms with Crippen LogP contribution in [0.2, 0.25) is 0 Å². The molecule has 1 aliphatic heterocycles. The highest BCUT2D eigenvalue weighted by molar-refractivity contribution is 6.05. The third-order valence-electron chi connectivity index (χ3n) is 4.58. The van der Waals surface area contributed by atoms with Gasteiger partial charge in [0.1, 0.15) is 11.6 Å². The largest absolute Gasteiger partial charge is 0.417 e. The number of carbonyl (C=O) groups excluding carboxylic acids is 1. The fourth-order valence-electron chi connectivity index (χ4n) is 2.92. The van der Waals surface area contributed by atoms with E-state index >= 15 is 0 Å². The van der Waals surface area contributed by atoms with Crippen LogP contribution in [0.25, 0.3) is 0 Å². The predicted octanol–water partition coefficient (Wildman–Crippen LogP) is 4.08. The van der Waals surface area contributed by atoms with Gasteiger partial charge in [0.15, 0.2) is 5.67 Å². The quantitative estimate of drug-likeness (QED) is 0.590. The average molecular weight is 433 g/mol. The van der Waals surface area contributed by atoms with Crippen molar-refractivity contribution in [3.8, 4) is 0 Å². The number of alkyl halides is 4. The van der Waals surface area contributed by atoms with Gasteiger partial charge in [0.05, 0.1) is 30.7 Å². The lowest BCUT2D eigenvalue weighted by molar-refractivity contribution is -0.137. The molecule has 3 aromatic heterocycles. The van der Waals surface area contributed by atoms with Crippen LogP contribution in [0.4, 0.5) is 34.9 Å². The average Bonchev–Trinajstić information content (AvgIpc) is 2.72. The van der Waals surface area contributed by atoms with Crippen molar-refractivity contribution in [2.45, 2.75) is 11.8 Å². The number of amides is 1. The van der Waals surface area contributed by atoms with Gasteiger partial charge in [-0.3, -0.25) is 9.78 Å². The molecule has 7 nitrogen and oxygen atoms in total. The van der Waals surface area contributed by atoms with Crippen LogP contribution >= 0.6 is 0 Å². The molecule has 1 amide bonds. The van der Waals surface area contributed by atoms with E-state index in [9.17, 15) is 22.4 Å². The molecular formula is C20H15F4N5O2. The molecule has 3 aromatic rings. The van der Waals surface area contributed by atoms with E-state index in [-0.39, 0.29) is 41.7 Å². The lowest BCUT2D eigenvalue weighted by Crippen LogP contribution is -2.43. The van der Waals surface area contributed by atoms with E-state index in [1.54, 1.807) is 0 Å². The van der Waals surface area contributed by atoms with Crippen molar-refractivity contribution in [3.63, 3.8) is 0 Å². The number of hydrogen-bond donors (Lipinski definition) is 2. The zero-order valence-electron chi connectivity index (χ0n) is 15.8. The molecule has 1 saturated heterocycles. The highest BCUT2D eigenvalue weighted by atomic mass is 19.4. The normalized spacial score (nSPS) is 15.1. The fourth-order valence-corrected chi connectivity index (χ4v) is 2.92. The monoisotopic (exact) mass is 433 g/mol. The number of nitrogens with one attached hydrogen (secondary N) is 2. The maximum atomic E-state index is 14.8. The van der Waals surface area contributed by atoms with Crippen molar-refractivity contribution in [3.05, 3.63) is 71.8 Å². The van der Waals surface area contributed by atoms with Crippen molar-refractivity contribution >= 4 is 23.2 Å². The van der Waals surface area contributed by atoms with Crippen LogP contribution in [0.5, 0.6) is 0 Å². The molecule has 11 heteroatoms. The Labute approximate surface area is 173 Å². The number of hydrogen-bond acceptors (Lipinski definition) is 6. The fraction of sp³-hybridized carbons (Fsp3) is 0.200. The molecular weight excluding hydrogens is 418 g/mol. The minimum atomic E-state index is -4.49. The SMILES string of the molecule is O=C(Nc1cnccc1C1(F)COC1)c1ccnc(Nc2ccc(C(F)(F)F)cn2)c1. The van der Waals surface area contributed by atoms with E-state index in [0.29, 0.717) is 6.20 Å². The molecule has 2 N–H and O–H groups in total. The predicted molar refractivity (Wildman–Crippen MR) is 103 cm³/mol. The van der Waals surface area contributed by atoms with Gasteiger partial charge < -0.3 is 15.4 Å². The maximum absolute atomic E-state index is 14.8. The summed E-state index contributed by atoms with van der Waals surface area (Å²) in [6.07, 6.45) is 0.327. The molecule has 160 valence electrons. The first-order chi connectivity index (χ1) is 14.7. The molecule has 1 fully saturated rings. The van der Waals surface area contributed by atoms with E-state index in [0.717, 1.165) is 12.1 Å².